The van der Waals surface area contributed by atoms with Crippen LogP contribution in [0.4, 0.5) is 27.6 Å². The Hall–Kier alpha value is -1.37. The lowest BCUT2D eigenvalue weighted by atomic mass is 10.1. The Labute approximate surface area is 114 Å². The van der Waals surface area contributed by atoms with E-state index in [1.54, 1.807) is 0 Å². The molecule has 1 N–H and O–H groups in total. The molecule has 0 saturated heterocycles. The van der Waals surface area contributed by atoms with Gasteiger partial charge in [0.15, 0.2) is 0 Å². The molecule has 1 aromatic carbocycles. The Morgan fingerprint density at radius 3 is 2.15 bits per heavy atom. The summed E-state index contributed by atoms with van der Waals surface area (Å²) in [7, 11) is 1.00. The van der Waals surface area contributed by atoms with Crippen molar-refractivity contribution in [1.29, 1.82) is 0 Å². The summed E-state index contributed by atoms with van der Waals surface area (Å²) < 4.78 is 64.3. The third kappa shape index (κ3) is 4.96. The second kappa shape index (κ2) is 6.88. The van der Waals surface area contributed by atoms with Crippen LogP contribution in [-0.2, 0) is 6.54 Å². The van der Waals surface area contributed by atoms with Gasteiger partial charge in [-0.15, -0.1) is 0 Å². The van der Waals surface area contributed by atoms with Gasteiger partial charge in [-0.2, -0.15) is 13.2 Å². The molecule has 0 amide bonds. The van der Waals surface area contributed by atoms with E-state index in [-0.39, 0.29) is 6.54 Å². The summed E-state index contributed by atoms with van der Waals surface area (Å²) in [6.07, 6.45) is -3.65. The molecule has 0 spiro atoms. The van der Waals surface area contributed by atoms with Crippen molar-refractivity contribution in [2.45, 2.75) is 26.1 Å². The van der Waals surface area contributed by atoms with Crippen LogP contribution in [-0.4, -0.2) is 26.3 Å². The minimum absolute atomic E-state index is 0.269. The van der Waals surface area contributed by atoms with Crippen molar-refractivity contribution >= 4 is 5.69 Å². The van der Waals surface area contributed by atoms with Crippen LogP contribution in [0.25, 0.3) is 0 Å². The summed E-state index contributed by atoms with van der Waals surface area (Å²) in [5, 5.41) is 2.97. The number of anilines is 1. The maximum Gasteiger partial charge on any atom is 0.405 e. The number of rotatable bonds is 6. The fraction of sp³-hybridized carbons (Fsp3) is 0.538. The van der Waals surface area contributed by atoms with E-state index >= 15 is 0 Å². The van der Waals surface area contributed by atoms with E-state index < -0.39 is 30.0 Å². The van der Waals surface area contributed by atoms with Gasteiger partial charge in [-0.3, -0.25) is 0 Å². The topological polar surface area (TPSA) is 15.3 Å². The molecule has 0 aromatic heterocycles. The van der Waals surface area contributed by atoms with Crippen molar-refractivity contribution in [3.63, 3.8) is 0 Å². The number of halogens is 5. The Kier molecular flexibility index (Phi) is 5.74. The summed E-state index contributed by atoms with van der Waals surface area (Å²) in [5.41, 5.74) is -0.306. The van der Waals surface area contributed by atoms with Crippen LogP contribution in [0.3, 0.4) is 0 Å². The van der Waals surface area contributed by atoms with Crippen LogP contribution in [0, 0.1) is 11.6 Å². The van der Waals surface area contributed by atoms with E-state index in [0.29, 0.717) is 17.0 Å². The molecule has 0 unspecified atom stereocenters. The number of nitrogens with zero attached hydrogens (tertiary/aromatic N) is 1. The molecule has 0 bridgehead atoms. The molecule has 7 heteroatoms. The van der Waals surface area contributed by atoms with Crippen molar-refractivity contribution in [2.24, 2.45) is 0 Å². The number of alkyl halides is 3. The lowest BCUT2D eigenvalue weighted by molar-refractivity contribution is -0.119. The quantitative estimate of drug-likeness (QED) is 0.639. The highest BCUT2D eigenvalue weighted by atomic mass is 19.4. The molecule has 0 heterocycles. The van der Waals surface area contributed by atoms with E-state index in [9.17, 15) is 22.0 Å². The average Bonchev–Trinajstić information content (AvgIpc) is 2.25. The summed E-state index contributed by atoms with van der Waals surface area (Å²) in [6.45, 7) is 1.50. The highest BCUT2D eigenvalue weighted by molar-refractivity contribution is 5.50. The van der Waals surface area contributed by atoms with Crippen LogP contribution < -0.4 is 10.2 Å². The fourth-order valence-corrected chi connectivity index (χ4v) is 1.84. The van der Waals surface area contributed by atoms with Gasteiger partial charge in [0.25, 0.3) is 0 Å². The van der Waals surface area contributed by atoms with Gasteiger partial charge in [-0.25, -0.2) is 8.78 Å². The Morgan fingerprint density at radius 2 is 1.70 bits per heavy atom. The van der Waals surface area contributed by atoms with E-state index in [1.165, 1.54) is 0 Å². The van der Waals surface area contributed by atoms with Crippen molar-refractivity contribution < 1.29 is 22.0 Å². The first-order chi connectivity index (χ1) is 9.24. The number of nitrogens with one attached hydrogen (secondary N) is 1. The largest absolute Gasteiger partial charge is 0.405 e. The Bertz CT molecular complexity index is 422. The predicted molar refractivity (Wildman–Crippen MR) is 67.7 cm³/mol. The van der Waals surface area contributed by atoms with E-state index in [4.69, 9.17) is 0 Å². The van der Waals surface area contributed by atoms with Crippen LogP contribution >= 0.6 is 0 Å². The second-order valence-electron chi connectivity index (χ2n) is 4.56. The smallest absolute Gasteiger partial charge is 0.361 e. The highest BCUT2D eigenvalue weighted by Gasteiger charge is 2.31. The molecule has 0 aliphatic rings. The number of benzene rings is 1. The SMILES string of the molecule is CCCNCc1cc(F)c(N(C)CC(F)(F)F)c(F)c1. The van der Waals surface area contributed by atoms with Gasteiger partial charge in [-0.1, -0.05) is 6.92 Å². The van der Waals surface area contributed by atoms with Crippen molar-refractivity contribution in [3.05, 3.63) is 29.3 Å². The maximum atomic E-state index is 13.8. The van der Waals surface area contributed by atoms with Crippen LogP contribution in [0.15, 0.2) is 12.1 Å². The van der Waals surface area contributed by atoms with Gasteiger partial charge in [0.1, 0.15) is 23.9 Å². The van der Waals surface area contributed by atoms with Gasteiger partial charge in [-0.05, 0) is 30.7 Å². The summed E-state index contributed by atoms with van der Waals surface area (Å²) in [4.78, 5) is 0.522. The molecule has 20 heavy (non-hydrogen) atoms. The maximum absolute atomic E-state index is 13.8. The lowest BCUT2D eigenvalue weighted by Crippen LogP contribution is -2.32. The van der Waals surface area contributed by atoms with Gasteiger partial charge in [0.2, 0.25) is 0 Å². The van der Waals surface area contributed by atoms with Gasteiger partial charge >= 0.3 is 6.18 Å². The third-order valence-corrected chi connectivity index (χ3v) is 2.63. The average molecular weight is 296 g/mol. The summed E-state index contributed by atoms with van der Waals surface area (Å²) in [6, 6.07) is 2.10. The molecular formula is C13H17F5N2. The first-order valence-electron chi connectivity index (χ1n) is 6.21. The zero-order valence-corrected chi connectivity index (χ0v) is 11.3. The van der Waals surface area contributed by atoms with E-state index in [1.807, 2.05) is 6.92 Å². The molecular weight excluding hydrogens is 279 g/mol. The summed E-state index contributed by atoms with van der Waals surface area (Å²) in [5.74, 6) is -1.99. The Morgan fingerprint density at radius 1 is 1.15 bits per heavy atom. The molecule has 1 aromatic rings. The molecule has 0 aliphatic heterocycles. The first kappa shape index (κ1) is 16.7. The van der Waals surface area contributed by atoms with E-state index in [2.05, 4.69) is 5.32 Å². The van der Waals surface area contributed by atoms with Crippen LogP contribution in [0.2, 0.25) is 0 Å². The lowest BCUT2D eigenvalue weighted by Gasteiger charge is -2.22. The standard InChI is InChI=1S/C13H17F5N2/c1-3-4-19-7-9-5-10(14)12(11(15)6-9)20(2)8-13(16,17)18/h5-6,19H,3-4,7-8H2,1-2H3. The summed E-state index contributed by atoms with van der Waals surface area (Å²) >= 11 is 0. The Balaban J connectivity index is 2.88. The minimum atomic E-state index is -4.52. The van der Waals surface area contributed by atoms with Crippen molar-refractivity contribution in [1.82, 2.24) is 5.32 Å². The fourth-order valence-electron chi connectivity index (χ4n) is 1.84. The van der Waals surface area contributed by atoms with Gasteiger partial charge < -0.3 is 10.2 Å². The molecule has 2 nitrogen and oxygen atoms in total. The second-order valence-corrected chi connectivity index (χ2v) is 4.56. The normalized spacial score (nSPS) is 11.8. The van der Waals surface area contributed by atoms with Crippen molar-refractivity contribution in [2.75, 3.05) is 25.0 Å². The molecule has 0 saturated carbocycles. The molecule has 1 rings (SSSR count). The van der Waals surface area contributed by atoms with Crippen LogP contribution in [0.1, 0.15) is 18.9 Å². The third-order valence-electron chi connectivity index (χ3n) is 2.63. The number of hydrogen-bond acceptors (Lipinski definition) is 2. The van der Waals surface area contributed by atoms with Gasteiger partial charge in [0, 0.05) is 13.6 Å². The molecule has 0 radical (unpaired) electrons. The van der Waals surface area contributed by atoms with Crippen LogP contribution in [0.5, 0.6) is 0 Å². The monoisotopic (exact) mass is 296 g/mol. The minimum Gasteiger partial charge on any atom is -0.361 e. The molecule has 0 atom stereocenters. The van der Waals surface area contributed by atoms with Gasteiger partial charge in [0.05, 0.1) is 0 Å². The first-order valence-corrected chi connectivity index (χ1v) is 6.21. The molecule has 114 valence electrons. The zero-order chi connectivity index (χ0) is 15.3. The van der Waals surface area contributed by atoms with Crippen molar-refractivity contribution in [3.8, 4) is 0 Å². The number of hydrogen-bond donors (Lipinski definition) is 1. The van der Waals surface area contributed by atoms with E-state index in [0.717, 1.165) is 25.6 Å². The zero-order valence-electron chi connectivity index (χ0n) is 11.3. The molecule has 0 aliphatic carbocycles. The predicted octanol–water partition coefficient (Wildman–Crippen LogP) is 3.46. The highest BCUT2D eigenvalue weighted by Crippen LogP contribution is 2.27. The molecule has 0 fully saturated rings.